The van der Waals surface area contributed by atoms with Gasteiger partial charge in [0.15, 0.2) is 5.82 Å². The van der Waals surface area contributed by atoms with Crippen LogP contribution < -0.4 is 0 Å². The van der Waals surface area contributed by atoms with Crippen LogP contribution >= 0.6 is 0 Å². The van der Waals surface area contributed by atoms with Crippen LogP contribution in [0.1, 0.15) is 106 Å². The maximum Gasteiger partial charge on any atom is 0.160 e. The van der Waals surface area contributed by atoms with E-state index in [1.165, 1.54) is 61.2 Å². The molecule has 1 saturated carbocycles. The third-order valence-electron chi connectivity index (χ3n) is 15.2. The summed E-state index contributed by atoms with van der Waals surface area (Å²) in [6, 6.07) is 70.4. The van der Waals surface area contributed by atoms with Crippen LogP contribution in [-0.2, 0) is 17.3 Å². The van der Waals surface area contributed by atoms with E-state index in [1.54, 1.807) is 0 Å². The molecule has 0 spiro atoms. The quantitative estimate of drug-likeness (QED) is 0.114. The van der Waals surface area contributed by atoms with Crippen molar-refractivity contribution < 1.29 is 0 Å². The average molecular weight is 871 g/mol. The highest BCUT2D eigenvalue weighted by atomic mass is 14.9. The lowest BCUT2D eigenvalue weighted by Gasteiger charge is -2.47. The monoisotopic (exact) mass is 870 g/mol. The summed E-state index contributed by atoms with van der Waals surface area (Å²) >= 11 is 0. The van der Waals surface area contributed by atoms with Crippen LogP contribution in [0.5, 0.6) is 0 Å². The molecule has 7 aromatic carbocycles. The minimum Gasteiger partial charge on any atom is -0.233 e. The zero-order chi connectivity index (χ0) is 45.8. The Morgan fingerprint density at radius 2 is 1.16 bits per heavy atom. The number of aromatic nitrogens is 2. The van der Waals surface area contributed by atoms with E-state index in [2.05, 4.69) is 234 Å². The van der Waals surface area contributed by atoms with E-state index in [0.29, 0.717) is 5.92 Å². The Morgan fingerprint density at radius 3 is 1.81 bits per heavy atom. The third kappa shape index (κ3) is 8.44. The zero-order valence-electron chi connectivity index (χ0n) is 39.6. The van der Waals surface area contributed by atoms with Gasteiger partial charge in [-0.05, 0) is 134 Å². The lowest BCUT2D eigenvalue weighted by Crippen LogP contribution is -2.41. The van der Waals surface area contributed by atoms with E-state index >= 15 is 0 Å². The summed E-state index contributed by atoms with van der Waals surface area (Å²) in [7, 11) is 0. The molecule has 332 valence electrons. The molecule has 3 atom stereocenters. The smallest absolute Gasteiger partial charge is 0.160 e. The van der Waals surface area contributed by atoms with Crippen molar-refractivity contribution in [1.82, 2.24) is 9.97 Å². The van der Waals surface area contributed by atoms with Gasteiger partial charge in [-0.1, -0.05) is 212 Å². The molecule has 10 rings (SSSR count). The van der Waals surface area contributed by atoms with E-state index in [9.17, 15) is 0 Å². The number of allylic oxidation sites excluding steroid dienone is 4. The van der Waals surface area contributed by atoms with E-state index in [1.807, 2.05) is 0 Å². The highest BCUT2D eigenvalue weighted by Crippen LogP contribution is 2.54. The van der Waals surface area contributed by atoms with Crippen LogP contribution in [0.25, 0.3) is 22.6 Å². The van der Waals surface area contributed by atoms with Crippen molar-refractivity contribution >= 4 is 0 Å². The van der Waals surface area contributed by atoms with Crippen LogP contribution in [0.2, 0.25) is 0 Å². The molecular weight excluding hydrogens is 809 g/mol. The molecule has 0 radical (unpaired) electrons. The van der Waals surface area contributed by atoms with Gasteiger partial charge in [0, 0.05) is 33.6 Å². The second-order valence-corrected chi connectivity index (χ2v) is 19.4. The fraction of sp³-hybridized carbons (Fsp3) is 0.231. The van der Waals surface area contributed by atoms with Crippen molar-refractivity contribution in [2.45, 2.75) is 89.4 Å². The number of aryl methyl sites for hydroxylation is 4. The van der Waals surface area contributed by atoms with Crippen molar-refractivity contribution in [3.63, 3.8) is 0 Å². The average Bonchev–Trinajstić information content (AvgIpc) is 3.38. The minimum atomic E-state index is -0.378. The Balaban J connectivity index is 1.15. The highest BCUT2D eigenvalue weighted by Gasteiger charge is 2.46. The number of hydrogen-bond acceptors (Lipinski definition) is 2. The van der Waals surface area contributed by atoms with Crippen molar-refractivity contribution in [1.29, 1.82) is 0 Å². The Hall–Kier alpha value is -6.90. The molecule has 1 fully saturated rings. The first kappa shape index (κ1) is 44.0. The van der Waals surface area contributed by atoms with E-state index in [4.69, 9.17) is 9.97 Å². The number of benzene rings is 7. The van der Waals surface area contributed by atoms with E-state index in [-0.39, 0.29) is 16.7 Å². The van der Waals surface area contributed by atoms with Gasteiger partial charge in [0.1, 0.15) is 0 Å². The first-order valence-corrected chi connectivity index (χ1v) is 24.6. The topological polar surface area (TPSA) is 25.8 Å². The summed E-state index contributed by atoms with van der Waals surface area (Å²) in [5.41, 5.74) is 18.2. The predicted octanol–water partition coefficient (Wildman–Crippen LogP) is 16.2. The predicted molar refractivity (Wildman–Crippen MR) is 280 cm³/mol. The molecule has 0 amide bonds. The third-order valence-corrected chi connectivity index (χ3v) is 15.2. The van der Waals surface area contributed by atoms with Crippen LogP contribution in [0.4, 0.5) is 0 Å². The van der Waals surface area contributed by atoms with Gasteiger partial charge in [-0.25, -0.2) is 9.97 Å². The second-order valence-electron chi connectivity index (χ2n) is 19.4. The normalized spacial score (nSPS) is 17.1. The van der Waals surface area contributed by atoms with Crippen LogP contribution in [0.15, 0.2) is 212 Å². The van der Waals surface area contributed by atoms with Gasteiger partial charge in [0.05, 0.1) is 5.69 Å². The lowest BCUT2D eigenvalue weighted by molar-refractivity contribution is 0.245. The van der Waals surface area contributed by atoms with Crippen molar-refractivity contribution in [2.75, 3.05) is 0 Å². The summed E-state index contributed by atoms with van der Waals surface area (Å²) in [4.78, 5) is 11.3. The molecule has 1 aromatic heterocycles. The molecular formula is C65H62N2. The van der Waals surface area contributed by atoms with Crippen LogP contribution in [-0.4, -0.2) is 9.97 Å². The van der Waals surface area contributed by atoms with Gasteiger partial charge in [0.2, 0.25) is 0 Å². The van der Waals surface area contributed by atoms with Crippen molar-refractivity contribution in [2.24, 2.45) is 5.92 Å². The van der Waals surface area contributed by atoms with Gasteiger partial charge in [-0.2, -0.15) is 0 Å². The highest BCUT2D eigenvalue weighted by molar-refractivity contribution is 5.70. The Kier molecular flexibility index (Phi) is 12.6. The molecule has 67 heavy (non-hydrogen) atoms. The maximum absolute atomic E-state index is 5.68. The molecule has 0 N–H and O–H groups in total. The summed E-state index contributed by atoms with van der Waals surface area (Å²) in [5, 5.41) is 0. The van der Waals surface area contributed by atoms with Crippen molar-refractivity contribution in [3.05, 3.63) is 273 Å². The summed E-state index contributed by atoms with van der Waals surface area (Å²) < 4.78 is 0. The number of hydrogen-bond donors (Lipinski definition) is 0. The first-order chi connectivity index (χ1) is 32.8. The molecule has 2 aliphatic carbocycles. The molecule has 2 nitrogen and oxygen atoms in total. The fourth-order valence-electron chi connectivity index (χ4n) is 12.3. The molecule has 2 aliphatic rings. The fourth-order valence-corrected chi connectivity index (χ4v) is 12.3. The van der Waals surface area contributed by atoms with E-state index < -0.39 is 0 Å². The zero-order valence-corrected chi connectivity index (χ0v) is 39.6. The second kappa shape index (κ2) is 19.1. The molecule has 1 heterocycles. The van der Waals surface area contributed by atoms with Gasteiger partial charge in [0.25, 0.3) is 0 Å². The first-order valence-electron chi connectivity index (χ1n) is 24.6. The molecule has 1 unspecified atom stereocenters. The van der Waals surface area contributed by atoms with Crippen molar-refractivity contribution in [3.8, 4) is 22.6 Å². The molecule has 2 heteroatoms. The lowest BCUT2D eigenvalue weighted by atomic mass is 9.56. The minimum absolute atomic E-state index is 0.241. The summed E-state index contributed by atoms with van der Waals surface area (Å²) in [5.74, 6) is 1.39. The maximum atomic E-state index is 5.68. The van der Waals surface area contributed by atoms with Gasteiger partial charge >= 0.3 is 0 Å². The Morgan fingerprint density at radius 1 is 0.552 bits per heavy atom. The van der Waals surface area contributed by atoms with Gasteiger partial charge in [-0.3, -0.25) is 0 Å². The molecule has 8 aromatic rings. The molecule has 0 bridgehead atoms. The summed E-state index contributed by atoms with van der Waals surface area (Å²) in [6.45, 7) is 8.94. The SMILES string of the molecule is Cc1cc(C)c(-c2nc(-c3cccc(C(Cc4ccccc4)(C4=CC=CCC4)c4ccccc4)c3)cc([C@@H]3CCC[C@H](C(c4ccccc4)(c4ccccc4)c4ccccc4C)C3)n2)c(C)c1. The van der Waals surface area contributed by atoms with Crippen LogP contribution in [0.3, 0.4) is 0 Å². The van der Waals surface area contributed by atoms with E-state index in [0.717, 1.165) is 73.3 Å². The molecule has 0 saturated heterocycles. The van der Waals surface area contributed by atoms with Gasteiger partial charge in [-0.15, -0.1) is 0 Å². The van der Waals surface area contributed by atoms with Gasteiger partial charge < -0.3 is 0 Å². The number of nitrogens with zero attached hydrogens (tertiary/aromatic N) is 2. The summed E-state index contributed by atoms with van der Waals surface area (Å²) in [6.07, 6.45) is 14.2. The van der Waals surface area contributed by atoms with Crippen LogP contribution in [0, 0.1) is 33.6 Å². The number of rotatable bonds is 12. The Labute approximate surface area is 399 Å². The Bertz CT molecular complexity index is 2980. The molecule has 0 aliphatic heterocycles. The largest absolute Gasteiger partial charge is 0.233 e. The standard InChI is InChI=1S/C65H62N2/c1-46-40-48(3)62(49(4)41-46)63-66-60(51-27-22-37-57(42-51)64(53-29-12-6-13-30-53,54-31-14-7-15-32-54)45-50-25-10-5-11-26-50)44-61(67-63)52-28-23-38-58(43-52)65(55-33-16-8-17-34-55,56-35-18-9-19-36-56)59-39-21-20-24-47(59)2/h5-14,16-22,24-27,29-31,33-37,39-42,44,52,58H,15,23,28,32,38,43,45H2,1-4H3/t52-,58+,64?/m1/s1.